The molecule has 0 saturated heterocycles. The Labute approximate surface area is 280 Å². The van der Waals surface area contributed by atoms with E-state index in [0.29, 0.717) is 28.3 Å². The fourth-order valence-electron chi connectivity index (χ4n) is 4.68. The van der Waals surface area contributed by atoms with Gasteiger partial charge in [0.2, 0.25) is 5.91 Å². The van der Waals surface area contributed by atoms with E-state index in [0.717, 1.165) is 21.8 Å². The van der Waals surface area contributed by atoms with E-state index >= 15 is 0 Å². The van der Waals surface area contributed by atoms with Crippen LogP contribution in [-0.2, 0) is 9.53 Å². The lowest BCUT2D eigenvalue weighted by atomic mass is 10.1. The number of esters is 1. The van der Waals surface area contributed by atoms with Crippen molar-refractivity contribution in [1.29, 1.82) is 0 Å². The molecule has 1 aromatic heterocycles. The molecule has 3 N–H and O–H groups in total. The minimum absolute atomic E-state index is 0.115. The number of hydrogen-bond acceptors (Lipinski definition) is 8. The largest absolute Gasteiger partial charge is 0.497 e. The van der Waals surface area contributed by atoms with Gasteiger partial charge in [0.1, 0.15) is 16.0 Å². The molecule has 0 aliphatic heterocycles. The summed E-state index contributed by atoms with van der Waals surface area (Å²) in [7, 11) is 2.81. The lowest BCUT2D eigenvalue weighted by Crippen LogP contribution is -2.20. The van der Waals surface area contributed by atoms with Crippen LogP contribution in [0.1, 0.15) is 46.8 Å². The Balaban J connectivity index is 1.40. The normalized spacial score (nSPS) is 11.2. The van der Waals surface area contributed by atoms with Gasteiger partial charge in [0.05, 0.1) is 24.7 Å². The quantitative estimate of drug-likeness (QED) is 0.0971. The van der Waals surface area contributed by atoms with Crippen LogP contribution in [0.5, 0.6) is 5.75 Å². The van der Waals surface area contributed by atoms with Crippen LogP contribution in [0.15, 0.2) is 114 Å². The number of thioether (sulfide) groups is 1. The molecule has 1 unspecified atom stereocenters. The van der Waals surface area contributed by atoms with E-state index in [1.54, 1.807) is 80.8 Å². The predicted molar refractivity (Wildman–Crippen MR) is 186 cm³/mol. The zero-order valence-corrected chi connectivity index (χ0v) is 27.4. The molecule has 9 nitrogen and oxygen atoms in total. The van der Waals surface area contributed by atoms with Gasteiger partial charge >= 0.3 is 5.97 Å². The predicted octanol–water partition coefficient (Wildman–Crippen LogP) is 7.83. The molecule has 0 aliphatic rings. The highest BCUT2D eigenvalue weighted by Gasteiger charge is 2.29. The van der Waals surface area contributed by atoms with Crippen LogP contribution in [0.2, 0.25) is 0 Å². The maximum Gasteiger partial charge on any atom is 0.341 e. The van der Waals surface area contributed by atoms with Gasteiger partial charge in [0, 0.05) is 21.8 Å². The lowest BCUT2D eigenvalue weighted by Gasteiger charge is -2.18. The number of thiophene rings is 1. The van der Waals surface area contributed by atoms with Crippen molar-refractivity contribution in [2.75, 3.05) is 30.2 Å². The van der Waals surface area contributed by atoms with E-state index in [9.17, 15) is 19.2 Å². The number of benzene rings is 4. The van der Waals surface area contributed by atoms with E-state index in [-0.39, 0.29) is 21.3 Å². The number of amides is 3. The van der Waals surface area contributed by atoms with Gasteiger partial charge in [0.25, 0.3) is 11.8 Å². The molecule has 0 bridgehead atoms. The van der Waals surface area contributed by atoms with E-state index in [1.807, 2.05) is 42.5 Å². The van der Waals surface area contributed by atoms with Gasteiger partial charge in [-0.05, 0) is 72.6 Å². The molecule has 47 heavy (non-hydrogen) atoms. The summed E-state index contributed by atoms with van der Waals surface area (Å²) >= 11 is 2.28. The molecule has 5 rings (SSSR count). The van der Waals surface area contributed by atoms with Crippen molar-refractivity contribution in [3.8, 4) is 5.75 Å². The molecule has 3 amide bonds. The molecular weight excluding hydrogens is 635 g/mol. The number of ether oxygens (including phenoxy) is 2. The smallest absolute Gasteiger partial charge is 0.341 e. The third-order valence-electron chi connectivity index (χ3n) is 7.05. The number of hydrogen-bond donors (Lipinski definition) is 3. The summed E-state index contributed by atoms with van der Waals surface area (Å²) in [5.41, 5.74) is 2.85. The molecule has 1 heterocycles. The highest BCUT2D eigenvalue weighted by Crippen LogP contribution is 2.40. The second-order valence-electron chi connectivity index (χ2n) is 10.2. The molecule has 238 valence electrons. The molecule has 5 aromatic rings. The summed E-state index contributed by atoms with van der Waals surface area (Å²) in [5.74, 6) is -1.13. The maximum absolute atomic E-state index is 14.0. The SMILES string of the molecule is COC(=O)c1c(NC(=O)C(Sc2cccc(NC(=O)c3ccc(OC)cc3)c2)c2ccccc2)sc(C(=O)Nc2ccccc2)c1C. The highest BCUT2D eigenvalue weighted by atomic mass is 32.2. The van der Waals surface area contributed by atoms with Crippen LogP contribution in [0.25, 0.3) is 0 Å². The van der Waals surface area contributed by atoms with Crippen molar-refractivity contribution >= 4 is 63.2 Å². The van der Waals surface area contributed by atoms with Crippen molar-refractivity contribution in [3.05, 3.63) is 136 Å². The van der Waals surface area contributed by atoms with Gasteiger partial charge < -0.3 is 25.4 Å². The standard InChI is InChI=1S/C36H31N3O6S2/c1-22-29(36(43)45-3)35(47-30(22)33(41)37-25-13-8-5-9-14-25)39-34(42)31(23-11-6-4-7-12-23)46-28-16-10-15-26(21-28)38-32(40)24-17-19-27(44-2)20-18-24/h4-21,31H,1-3H3,(H,37,41)(H,38,40)(H,39,42). The van der Waals surface area contributed by atoms with Crippen LogP contribution >= 0.6 is 23.1 Å². The van der Waals surface area contributed by atoms with E-state index < -0.39 is 23.0 Å². The zero-order valence-electron chi connectivity index (χ0n) is 25.7. The number of nitrogens with one attached hydrogen (secondary N) is 3. The second-order valence-corrected chi connectivity index (χ2v) is 12.4. The third-order valence-corrected chi connectivity index (χ3v) is 9.50. The monoisotopic (exact) mass is 665 g/mol. The average Bonchev–Trinajstić information content (AvgIpc) is 3.42. The summed E-state index contributed by atoms with van der Waals surface area (Å²) in [6.45, 7) is 1.65. The molecular formula is C36H31N3O6S2. The Hall–Kier alpha value is -5.39. The van der Waals surface area contributed by atoms with Gasteiger partial charge in [-0.3, -0.25) is 14.4 Å². The van der Waals surface area contributed by atoms with Crippen molar-refractivity contribution < 1.29 is 28.7 Å². The second kappa shape index (κ2) is 15.3. The van der Waals surface area contributed by atoms with Crippen LogP contribution in [-0.4, -0.2) is 37.9 Å². The van der Waals surface area contributed by atoms with Crippen molar-refractivity contribution in [2.45, 2.75) is 17.1 Å². The fourth-order valence-corrected chi connectivity index (χ4v) is 6.86. The Bertz CT molecular complexity index is 1890. The van der Waals surface area contributed by atoms with Gasteiger partial charge in [-0.25, -0.2) is 4.79 Å². The Morgan fingerprint density at radius 3 is 2.02 bits per heavy atom. The summed E-state index contributed by atoms with van der Waals surface area (Å²) < 4.78 is 10.2. The molecule has 0 radical (unpaired) electrons. The summed E-state index contributed by atoms with van der Waals surface area (Å²) in [6, 6.07) is 32.1. The minimum atomic E-state index is -0.752. The van der Waals surface area contributed by atoms with Crippen LogP contribution in [0.3, 0.4) is 0 Å². The van der Waals surface area contributed by atoms with Crippen molar-refractivity contribution in [1.82, 2.24) is 0 Å². The minimum Gasteiger partial charge on any atom is -0.497 e. The first-order valence-corrected chi connectivity index (χ1v) is 16.1. The topological polar surface area (TPSA) is 123 Å². The number of carbonyl (C=O) groups is 4. The first kappa shape index (κ1) is 33.0. The molecule has 0 fully saturated rings. The molecule has 0 spiro atoms. The fraction of sp³-hybridized carbons (Fsp3) is 0.111. The maximum atomic E-state index is 14.0. The summed E-state index contributed by atoms with van der Waals surface area (Å²) in [4.78, 5) is 54.0. The molecule has 0 aliphatic carbocycles. The highest BCUT2D eigenvalue weighted by molar-refractivity contribution is 8.00. The molecule has 4 aromatic carbocycles. The summed E-state index contributed by atoms with van der Waals surface area (Å²) in [6.07, 6.45) is 0. The van der Waals surface area contributed by atoms with Gasteiger partial charge in [0.15, 0.2) is 0 Å². The van der Waals surface area contributed by atoms with E-state index in [2.05, 4.69) is 16.0 Å². The lowest BCUT2D eigenvalue weighted by molar-refractivity contribution is -0.115. The Morgan fingerprint density at radius 1 is 0.723 bits per heavy atom. The average molecular weight is 666 g/mol. The van der Waals surface area contributed by atoms with Crippen molar-refractivity contribution in [3.63, 3.8) is 0 Å². The number of para-hydroxylation sites is 1. The van der Waals surface area contributed by atoms with Gasteiger partial charge in [-0.1, -0.05) is 54.6 Å². The van der Waals surface area contributed by atoms with Gasteiger partial charge in [-0.15, -0.1) is 23.1 Å². The molecule has 11 heteroatoms. The van der Waals surface area contributed by atoms with E-state index in [4.69, 9.17) is 9.47 Å². The first-order chi connectivity index (χ1) is 22.8. The van der Waals surface area contributed by atoms with Gasteiger partial charge in [-0.2, -0.15) is 0 Å². The zero-order chi connectivity index (χ0) is 33.3. The Morgan fingerprint density at radius 2 is 1.36 bits per heavy atom. The van der Waals surface area contributed by atoms with E-state index in [1.165, 1.54) is 18.9 Å². The number of carbonyl (C=O) groups excluding carboxylic acids is 4. The molecule has 0 saturated carbocycles. The number of rotatable bonds is 11. The summed E-state index contributed by atoms with van der Waals surface area (Å²) in [5, 5.41) is 8.09. The van der Waals surface area contributed by atoms with Crippen LogP contribution in [0.4, 0.5) is 16.4 Å². The van der Waals surface area contributed by atoms with Crippen molar-refractivity contribution in [2.24, 2.45) is 0 Å². The number of methoxy groups -OCH3 is 2. The van der Waals surface area contributed by atoms with Crippen LogP contribution < -0.4 is 20.7 Å². The molecule has 1 atom stereocenters. The first-order valence-electron chi connectivity index (χ1n) is 14.4. The number of anilines is 3. The third kappa shape index (κ3) is 8.07. The Kier molecular flexibility index (Phi) is 10.7. The van der Waals surface area contributed by atoms with Crippen LogP contribution in [0, 0.1) is 6.92 Å².